The Hall–Kier alpha value is -8.63. The molecule has 0 bridgehead atoms. The van der Waals surface area contributed by atoms with Gasteiger partial charge < -0.3 is 40.7 Å². The van der Waals surface area contributed by atoms with Crippen molar-refractivity contribution in [1.29, 1.82) is 0 Å². The van der Waals surface area contributed by atoms with Gasteiger partial charge in [-0.1, -0.05) is 0 Å². The summed E-state index contributed by atoms with van der Waals surface area (Å²) in [5.41, 5.74) is 8.60. The molecular weight excluding hydrogens is 933 g/mol. The number of nitrogens with zero attached hydrogens (tertiary/aromatic N) is 13. The Balaban J connectivity index is 0.000000160. The van der Waals surface area contributed by atoms with Gasteiger partial charge in [-0.05, 0) is 82.9 Å². The summed E-state index contributed by atoms with van der Waals surface area (Å²) in [7, 11) is 0. The van der Waals surface area contributed by atoms with Crippen molar-refractivity contribution in [2.45, 2.75) is 77.4 Å². The van der Waals surface area contributed by atoms with Crippen molar-refractivity contribution in [2.24, 2.45) is 0 Å². The van der Waals surface area contributed by atoms with Gasteiger partial charge in [0.2, 0.25) is 0 Å². The lowest BCUT2D eigenvalue weighted by atomic mass is 10.0. The Morgan fingerprint density at radius 3 is 1.64 bits per heavy atom. The van der Waals surface area contributed by atoms with Crippen LogP contribution in [0.25, 0.3) is 33.8 Å². The molecule has 5 N–H and O–H groups in total. The van der Waals surface area contributed by atoms with Crippen molar-refractivity contribution in [3.63, 3.8) is 0 Å². The molecule has 12 heterocycles. The molecule has 4 aliphatic heterocycles. The zero-order valence-electron chi connectivity index (χ0n) is 40.3. The third-order valence-corrected chi connectivity index (χ3v) is 13.2. The van der Waals surface area contributed by atoms with Gasteiger partial charge in [0.25, 0.3) is 11.8 Å². The van der Waals surface area contributed by atoms with E-state index in [0.29, 0.717) is 74.5 Å². The van der Waals surface area contributed by atoms with Gasteiger partial charge in [0.15, 0.2) is 11.3 Å². The number of rotatable bonds is 8. The highest BCUT2D eigenvalue weighted by molar-refractivity contribution is 6.11. The minimum absolute atomic E-state index is 0.00328. The summed E-state index contributed by atoms with van der Waals surface area (Å²) in [5.74, 6) is 0.535. The van der Waals surface area contributed by atoms with Crippen molar-refractivity contribution in [3.8, 4) is 22.5 Å². The number of nitrogens with one attached hydrogen (secondary N) is 3. The predicted octanol–water partition coefficient (Wildman–Crippen LogP) is 5.92. The van der Waals surface area contributed by atoms with E-state index in [1.807, 2.05) is 36.5 Å². The van der Waals surface area contributed by atoms with E-state index in [1.165, 1.54) is 0 Å². The summed E-state index contributed by atoms with van der Waals surface area (Å²) in [6.45, 7) is 8.83. The number of imide groups is 1. The second-order valence-electron chi connectivity index (χ2n) is 19.2. The maximum atomic E-state index is 13.7. The lowest BCUT2D eigenvalue weighted by molar-refractivity contribution is 0.0248. The lowest BCUT2D eigenvalue weighted by Crippen LogP contribution is -2.37. The number of aliphatic hydroxyl groups is 2. The van der Waals surface area contributed by atoms with Crippen LogP contribution in [0.3, 0.4) is 0 Å². The molecule has 0 radical (unpaired) electrons. The number of fused-ring (bicyclic) bond motifs is 4. The summed E-state index contributed by atoms with van der Waals surface area (Å²) in [6.07, 6.45) is 18.8. The molecule has 0 aliphatic carbocycles. The molecular formula is C51H52N16O6. The van der Waals surface area contributed by atoms with E-state index >= 15 is 0 Å². The molecule has 2 saturated heterocycles. The Labute approximate surface area is 418 Å². The van der Waals surface area contributed by atoms with Crippen LogP contribution in [-0.2, 0) is 17.8 Å². The summed E-state index contributed by atoms with van der Waals surface area (Å²) >= 11 is 0. The second kappa shape index (κ2) is 19.2. The van der Waals surface area contributed by atoms with Gasteiger partial charge in [-0.15, -0.1) is 0 Å². The van der Waals surface area contributed by atoms with Gasteiger partial charge in [0.1, 0.15) is 17.2 Å². The van der Waals surface area contributed by atoms with Crippen LogP contribution in [-0.4, -0.2) is 126 Å². The molecule has 73 heavy (non-hydrogen) atoms. The number of carbonyl (C=O) groups is 3. The van der Waals surface area contributed by atoms with Gasteiger partial charge in [-0.3, -0.25) is 19.6 Å². The molecule has 3 amide bonds. The first kappa shape index (κ1) is 46.7. The molecule has 22 nitrogen and oxygen atoms in total. The summed E-state index contributed by atoms with van der Waals surface area (Å²) in [4.78, 5) is 72.2. The average molecular weight is 985 g/mol. The first-order valence-corrected chi connectivity index (χ1v) is 24.1. The van der Waals surface area contributed by atoms with Gasteiger partial charge in [0.05, 0.1) is 88.8 Å². The number of anilines is 6. The minimum atomic E-state index is -0.764. The van der Waals surface area contributed by atoms with E-state index in [4.69, 9.17) is 9.72 Å². The van der Waals surface area contributed by atoms with E-state index < -0.39 is 17.6 Å². The number of hydrogen-bond donors (Lipinski definition) is 5. The Morgan fingerprint density at radius 2 is 1.15 bits per heavy atom. The smallest absolute Gasteiger partial charge is 0.417 e. The molecule has 2 fully saturated rings. The molecule has 4 aliphatic rings. The van der Waals surface area contributed by atoms with Crippen molar-refractivity contribution in [1.82, 2.24) is 59.3 Å². The normalized spacial score (nSPS) is 16.0. The molecule has 0 unspecified atom stereocenters. The fourth-order valence-electron chi connectivity index (χ4n) is 9.54. The third-order valence-electron chi connectivity index (χ3n) is 13.2. The number of carbonyl (C=O) groups excluding carboxylic acids is 3. The van der Waals surface area contributed by atoms with E-state index in [1.54, 1.807) is 91.6 Å². The number of pyridine rings is 4. The van der Waals surface area contributed by atoms with Crippen LogP contribution in [0.5, 0.6) is 0 Å². The van der Waals surface area contributed by atoms with Gasteiger partial charge in [-0.25, -0.2) is 38.7 Å². The Kier molecular flexibility index (Phi) is 12.3. The highest BCUT2D eigenvalue weighted by Gasteiger charge is 2.40. The fraction of sp³-hybridized carbons (Fsp3) is 0.314. The molecule has 0 aromatic carbocycles. The first-order chi connectivity index (χ1) is 35.3. The number of amides is 3. The molecule has 12 rings (SSSR count). The van der Waals surface area contributed by atoms with Crippen molar-refractivity contribution in [3.05, 3.63) is 121 Å². The van der Waals surface area contributed by atoms with E-state index in [0.717, 1.165) is 79.3 Å². The highest BCUT2D eigenvalue weighted by atomic mass is 16.6. The van der Waals surface area contributed by atoms with E-state index in [-0.39, 0.29) is 24.7 Å². The number of aromatic nitrogens is 10. The van der Waals surface area contributed by atoms with E-state index in [2.05, 4.69) is 60.9 Å². The molecule has 0 atom stereocenters. The lowest BCUT2D eigenvalue weighted by Gasteiger charge is -2.31. The molecule has 372 valence electrons. The summed E-state index contributed by atoms with van der Waals surface area (Å²) in [5, 5.41) is 37.4. The topological polar surface area (TPSA) is 259 Å². The van der Waals surface area contributed by atoms with Crippen molar-refractivity contribution < 1.29 is 29.3 Å². The Bertz CT molecular complexity index is 3380. The molecule has 0 saturated carbocycles. The highest BCUT2D eigenvalue weighted by Crippen LogP contribution is 2.39. The number of ether oxygens (including phenoxy) is 1. The predicted molar refractivity (Wildman–Crippen MR) is 270 cm³/mol. The summed E-state index contributed by atoms with van der Waals surface area (Å²) in [6, 6.07) is 11.3. The van der Waals surface area contributed by atoms with Gasteiger partial charge >= 0.3 is 6.09 Å². The first-order valence-electron chi connectivity index (χ1n) is 24.1. The number of imidazole rings is 2. The second-order valence-corrected chi connectivity index (χ2v) is 19.2. The quantitative estimate of drug-likeness (QED) is 0.118. The standard InChI is InChI=1S/C28H30N8O4.C23H22N8O2/c1-28(2,3)40-27(39)35-16-20-23(26(35)38)21(15-31-24(20)19-6-9-32-36-13-10-29-25(19)36)33-22-5-4-17(14-30-22)34-11-7-18(37)8-12-34;32-15-4-8-30(9-5-15)14-1-2-19(25-11-14)29-18-13-26-21(17-12-27-23(33)20(17)18)16-3-6-28-31-10-7-24-22(16)31/h4-6,9-10,13-15,18,37H,7-8,11-12,16H2,1-3H3,(H,30,33);1-3,6-7,10-11,13,15,32H,4-5,8-9,12H2,(H,25,29)(H,27,33). The molecule has 8 aromatic heterocycles. The molecule has 22 heteroatoms. The fourth-order valence-corrected chi connectivity index (χ4v) is 9.54. The maximum absolute atomic E-state index is 13.7. The number of hydrogen-bond acceptors (Lipinski definition) is 18. The van der Waals surface area contributed by atoms with Crippen LogP contribution >= 0.6 is 0 Å². The van der Waals surface area contributed by atoms with Crippen LogP contribution in [0.4, 0.5) is 39.2 Å². The van der Waals surface area contributed by atoms with Crippen LogP contribution in [0.1, 0.15) is 78.3 Å². The van der Waals surface area contributed by atoms with E-state index in [9.17, 15) is 24.6 Å². The third kappa shape index (κ3) is 9.40. The molecule has 8 aromatic rings. The van der Waals surface area contributed by atoms with Crippen molar-refractivity contribution >= 4 is 63.6 Å². The monoisotopic (exact) mass is 984 g/mol. The average Bonchev–Trinajstić information content (AvgIpc) is 4.22. The van der Waals surface area contributed by atoms with Crippen molar-refractivity contribution in [2.75, 3.05) is 46.6 Å². The van der Waals surface area contributed by atoms with Crippen LogP contribution in [0.2, 0.25) is 0 Å². The maximum Gasteiger partial charge on any atom is 0.417 e. The largest absolute Gasteiger partial charge is 0.443 e. The number of piperidine rings is 2. The van der Waals surface area contributed by atoms with Gasteiger partial charge in [-0.2, -0.15) is 10.2 Å². The minimum Gasteiger partial charge on any atom is -0.443 e. The zero-order valence-corrected chi connectivity index (χ0v) is 40.3. The Morgan fingerprint density at radius 1 is 0.644 bits per heavy atom. The van der Waals surface area contributed by atoms with Crippen LogP contribution in [0, 0.1) is 0 Å². The van der Waals surface area contributed by atoms with Crippen LogP contribution < -0.4 is 25.8 Å². The molecule has 0 spiro atoms. The van der Waals surface area contributed by atoms with Crippen LogP contribution in [0.15, 0.2) is 98.4 Å². The summed E-state index contributed by atoms with van der Waals surface area (Å²) < 4.78 is 8.85. The zero-order chi connectivity index (χ0) is 50.4. The SMILES string of the molecule is CC(C)(C)OC(=O)N1Cc2c(-c3ccnn4ccnc34)ncc(Nc3ccc(N4CCC(O)CC4)cn3)c2C1=O.O=C1NCc2c(-c3ccnn4ccnc34)ncc(Nc3ccc(N4CCC(O)CC4)cn3)c21. The van der Waals surface area contributed by atoms with Gasteiger partial charge in [0, 0.05) is 92.2 Å². The number of aliphatic hydroxyl groups excluding tert-OH is 2.